The minimum atomic E-state index is -3.90. The van der Waals surface area contributed by atoms with Gasteiger partial charge >= 0.3 is 7.60 Å². The first kappa shape index (κ1) is 17.3. The normalized spacial score (nSPS) is 21.2. The van der Waals surface area contributed by atoms with Crippen LogP contribution in [0.5, 0.6) is 0 Å². The summed E-state index contributed by atoms with van der Waals surface area (Å²) >= 11 is 0. The molecule has 4 rings (SSSR count). The molecule has 0 spiro atoms. The van der Waals surface area contributed by atoms with E-state index in [1.165, 1.54) is 11.9 Å². The van der Waals surface area contributed by atoms with Gasteiger partial charge in [-0.2, -0.15) is 0 Å². The van der Waals surface area contributed by atoms with Crippen LogP contribution < -0.4 is 0 Å². The average molecular weight is 372 g/mol. The molecule has 0 aliphatic heterocycles. The van der Waals surface area contributed by atoms with Gasteiger partial charge in [0.1, 0.15) is 18.2 Å². The van der Waals surface area contributed by atoms with Crippen LogP contribution in [0.15, 0.2) is 43.1 Å². The van der Waals surface area contributed by atoms with Gasteiger partial charge in [0.2, 0.25) is 0 Å². The van der Waals surface area contributed by atoms with E-state index in [1.54, 1.807) is 12.5 Å². The van der Waals surface area contributed by atoms with Crippen LogP contribution in [-0.4, -0.2) is 35.5 Å². The van der Waals surface area contributed by atoms with E-state index in [9.17, 15) is 4.57 Å². The van der Waals surface area contributed by atoms with Crippen molar-refractivity contribution in [2.24, 2.45) is 5.92 Å². The van der Waals surface area contributed by atoms with Crippen molar-refractivity contribution >= 4 is 18.8 Å². The van der Waals surface area contributed by atoms with Crippen molar-refractivity contribution in [2.45, 2.75) is 31.6 Å². The molecule has 3 aromatic rings. The van der Waals surface area contributed by atoms with Crippen molar-refractivity contribution in [2.75, 3.05) is 6.16 Å². The van der Waals surface area contributed by atoms with Crippen LogP contribution >= 0.6 is 7.60 Å². The van der Waals surface area contributed by atoms with Crippen molar-refractivity contribution in [1.82, 2.24) is 19.5 Å². The van der Waals surface area contributed by atoms with Gasteiger partial charge in [-0.05, 0) is 55.2 Å². The van der Waals surface area contributed by atoms with E-state index in [0.29, 0.717) is 5.92 Å². The van der Waals surface area contributed by atoms with E-state index in [0.717, 1.165) is 42.5 Å². The van der Waals surface area contributed by atoms with Gasteiger partial charge < -0.3 is 9.79 Å². The molecule has 7 nitrogen and oxygen atoms in total. The number of hydrogen-bond donors (Lipinski definition) is 2. The lowest BCUT2D eigenvalue weighted by Crippen LogP contribution is -2.16. The fourth-order valence-electron chi connectivity index (χ4n) is 3.88. The van der Waals surface area contributed by atoms with Crippen molar-refractivity contribution in [3.63, 3.8) is 0 Å². The molecule has 0 unspecified atom stereocenters. The average Bonchev–Trinajstić information content (AvgIpc) is 3.05. The summed E-state index contributed by atoms with van der Waals surface area (Å²) in [6.07, 6.45) is 8.70. The van der Waals surface area contributed by atoms with E-state index >= 15 is 0 Å². The van der Waals surface area contributed by atoms with E-state index in [1.807, 2.05) is 4.57 Å². The van der Waals surface area contributed by atoms with E-state index < -0.39 is 7.60 Å². The molecule has 1 saturated carbocycles. The molecule has 0 amide bonds. The summed E-state index contributed by atoms with van der Waals surface area (Å²) in [6, 6.07) is 8.41. The molecule has 1 aromatic carbocycles. The van der Waals surface area contributed by atoms with Gasteiger partial charge in [0.05, 0.1) is 12.4 Å². The predicted octanol–water partition coefficient (Wildman–Crippen LogP) is 3.27. The Balaban J connectivity index is 1.46. The number of imidazole rings is 1. The lowest BCUT2D eigenvalue weighted by atomic mass is 9.79. The first-order valence-electron chi connectivity index (χ1n) is 8.77. The first-order chi connectivity index (χ1) is 12.5. The molecular weight excluding hydrogens is 351 g/mol. The lowest BCUT2D eigenvalue weighted by Gasteiger charge is -2.29. The Morgan fingerprint density at radius 1 is 1.08 bits per heavy atom. The Hall–Kier alpha value is -2.08. The number of benzene rings is 1. The van der Waals surface area contributed by atoms with Crippen molar-refractivity contribution in [3.05, 3.63) is 48.7 Å². The maximum absolute atomic E-state index is 11.2. The third-order valence-corrected chi connectivity index (χ3v) is 6.19. The van der Waals surface area contributed by atoms with Gasteiger partial charge in [-0.15, -0.1) is 0 Å². The van der Waals surface area contributed by atoms with Gasteiger partial charge in [-0.1, -0.05) is 12.1 Å². The summed E-state index contributed by atoms with van der Waals surface area (Å²) in [5.74, 6) is 0.599. The number of aromatic nitrogens is 4. The summed E-state index contributed by atoms with van der Waals surface area (Å²) in [7, 11) is -3.90. The number of nitrogens with zero attached hydrogens (tertiary/aromatic N) is 4. The molecule has 8 heteroatoms. The monoisotopic (exact) mass is 372 g/mol. The molecule has 136 valence electrons. The second kappa shape index (κ2) is 6.91. The fourth-order valence-corrected chi connectivity index (χ4v) is 4.92. The molecule has 1 fully saturated rings. The maximum atomic E-state index is 11.2. The van der Waals surface area contributed by atoms with Crippen molar-refractivity contribution < 1.29 is 14.4 Å². The molecule has 0 atom stereocenters. The third kappa shape index (κ3) is 3.70. The van der Waals surface area contributed by atoms with Crippen LogP contribution in [-0.2, 0) is 4.57 Å². The second-order valence-electron chi connectivity index (χ2n) is 7.00. The van der Waals surface area contributed by atoms with Crippen LogP contribution in [0.25, 0.3) is 16.9 Å². The Labute approximate surface area is 151 Å². The SMILES string of the molecule is O=P(O)(O)C[C@H]1CC[C@H](c2ccc(-n3cnc4cncnc43)cc2)CC1. The summed E-state index contributed by atoms with van der Waals surface area (Å²) in [4.78, 5) is 30.9. The largest absolute Gasteiger partial charge is 0.325 e. The van der Waals surface area contributed by atoms with E-state index in [-0.39, 0.29) is 12.1 Å². The van der Waals surface area contributed by atoms with Gasteiger partial charge in [0.15, 0.2) is 5.65 Å². The van der Waals surface area contributed by atoms with Crippen LogP contribution in [0.1, 0.15) is 37.2 Å². The van der Waals surface area contributed by atoms with E-state index in [4.69, 9.17) is 9.79 Å². The van der Waals surface area contributed by atoms with E-state index in [2.05, 4.69) is 39.2 Å². The molecule has 0 radical (unpaired) electrons. The molecule has 26 heavy (non-hydrogen) atoms. The maximum Gasteiger partial charge on any atom is 0.325 e. The van der Waals surface area contributed by atoms with Crippen molar-refractivity contribution in [3.8, 4) is 5.69 Å². The zero-order valence-corrected chi connectivity index (χ0v) is 15.2. The quantitative estimate of drug-likeness (QED) is 0.682. The summed E-state index contributed by atoms with van der Waals surface area (Å²) in [5.41, 5.74) is 3.83. The molecule has 1 aliphatic rings. The Bertz CT molecular complexity index is 942. The minimum Gasteiger partial charge on any atom is -0.324 e. The molecule has 2 heterocycles. The second-order valence-corrected chi connectivity index (χ2v) is 8.70. The highest BCUT2D eigenvalue weighted by atomic mass is 31.2. The van der Waals surface area contributed by atoms with Crippen molar-refractivity contribution in [1.29, 1.82) is 0 Å². The summed E-state index contributed by atoms with van der Waals surface area (Å²) < 4.78 is 13.1. The summed E-state index contributed by atoms with van der Waals surface area (Å²) in [5, 5.41) is 0. The third-order valence-electron chi connectivity index (χ3n) is 5.20. The molecule has 2 aromatic heterocycles. The summed E-state index contributed by atoms with van der Waals surface area (Å²) in [6.45, 7) is 0. The van der Waals surface area contributed by atoms with Crippen LogP contribution in [0.4, 0.5) is 0 Å². The van der Waals surface area contributed by atoms with Crippen LogP contribution in [0.3, 0.4) is 0 Å². The van der Waals surface area contributed by atoms with Gasteiger partial charge in [0.25, 0.3) is 0 Å². The molecule has 0 bridgehead atoms. The van der Waals surface area contributed by atoms with Crippen LogP contribution in [0, 0.1) is 5.92 Å². The zero-order valence-electron chi connectivity index (χ0n) is 14.3. The molecule has 0 saturated heterocycles. The first-order valence-corrected chi connectivity index (χ1v) is 10.6. The Morgan fingerprint density at radius 3 is 2.50 bits per heavy atom. The number of rotatable bonds is 4. The highest BCUT2D eigenvalue weighted by molar-refractivity contribution is 7.51. The minimum absolute atomic E-state index is 0.0220. The highest BCUT2D eigenvalue weighted by Gasteiger charge is 2.27. The molecule has 1 aliphatic carbocycles. The fraction of sp³-hybridized carbons (Fsp3) is 0.389. The number of hydrogen-bond acceptors (Lipinski definition) is 4. The van der Waals surface area contributed by atoms with Gasteiger partial charge in [-0.3, -0.25) is 9.13 Å². The van der Waals surface area contributed by atoms with Gasteiger partial charge in [-0.25, -0.2) is 15.0 Å². The topological polar surface area (TPSA) is 101 Å². The lowest BCUT2D eigenvalue weighted by molar-refractivity contribution is 0.316. The zero-order chi connectivity index (χ0) is 18.1. The van der Waals surface area contributed by atoms with Gasteiger partial charge in [0, 0.05) is 5.69 Å². The van der Waals surface area contributed by atoms with Crippen LogP contribution in [0.2, 0.25) is 0 Å². The molecular formula is C18H21N4O3P. The number of fused-ring (bicyclic) bond motifs is 1. The smallest absolute Gasteiger partial charge is 0.324 e. The highest BCUT2D eigenvalue weighted by Crippen LogP contribution is 2.44. The predicted molar refractivity (Wildman–Crippen MR) is 98.3 cm³/mol. The molecule has 2 N–H and O–H groups in total. The Morgan fingerprint density at radius 2 is 1.81 bits per heavy atom. The Kier molecular flexibility index (Phi) is 4.61. The standard InChI is InChI=1S/C18H21N4O3P/c23-26(24,25)10-13-1-3-14(4-2-13)15-5-7-16(8-6-15)22-12-21-17-9-19-11-20-18(17)22/h5-9,11-14H,1-4,10H2,(H2,23,24,25)/t13-,14-.